The van der Waals surface area contributed by atoms with Crippen LogP contribution in [-0.4, -0.2) is 11.3 Å². The van der Waals surface area contributed by atoms with E-state index in [1.807, 2.05) is 0 Å². The first-order valence-electron chi connectivity index (χ1n) is 33.0. The van der Waals surface area contributed by atoms with E-state index in [9.17, 15) is 0 Å². The molecule has 96 heavy (non-hydrogen) atoms. The fourth-order valence-electron chi connectivity index (χ4n) is 15.3. The Kier molecular flexibility index (Phi) is 13.9. The molecule has 450 valence electrons. The molecule has 0 bridgehead atoms. The van der Waals surface area contributed by atoms with E-state index in [2.05, 4.69) is 400 Å². The van der Waals surface area contributed by atoms with E-state index in [4.69, 9.17) is 0 Å². The number of aromatic nitrogens is 1. The van der Waals surface area contributed by atoms with Gasteiger partial charge in [-0.15, -0.1) is 0 Å². The van der Waals surface area contributed by atoms with Crippen LogP contribution in [0.5, 0.6) is 0 Å². The maximum absolute atomic E-state index is 2.71. The van der Waals surface area contributed by atoms with Crippen LogP contribution in [0.2, 0.25) is 0 Å². The van der Waals surface area contributed by atoms with E-state index in [-0.39, 0.29) is 6.71 Å². The van der Waals surface area contributed by atoms with Crippen LogP contribution in [0.3, 0.4) is 0 Å². The van der Waals surface area contributed by atoms with Crippen molar-refractivity contribution < 1.29 is 0 Å². The molecule has 0 saturated carbocycles. The Bertz CT molecular complexity index is 5330. The molecule has 0 saturated heterocycles. The first kappa shape index (κ1) is 56.1. The predicted molar refractivity (Wildman–Crippen MR) is 406 cm³/mol. The molecule has 1 aromatic heterocycles. The quantitative estimate of drug-likeness (QED) is 0.107. The zero-order valence-electron chi connectivity index (χ0n) is 52.6. The van der Waals surface area contributed by atoms with Crippen LogP contribution in [0.15, 0.2) is 376 Å². The molecular weight excluding hydrogens is 1160 g/mol. The second kappa shape index (κ2) is 23.8. The summed E-state index contributed by atoms with van der Waals surface area (Å²) in [6, 6.07) is 139. The highest BCUT2D eigenvalue weighted by atomic mass is 15.2. The molecule has 0 spiro atoms. The smallest absolute Gasteiger partial charge is 0.252 e. The number of nitrogens with zero attached hydrogens (tertiary/aromatic N) is 5. The second-order valence-corrected chi connectivity index (χ2v) is 24.7. The van der Waals surface area contributed by atoms with Gasteiger partial charge in [0.25, 0.3) is 6.71 Å². The molecule has 18 rings (SSSR count). The number of fused-ring (bicyclic) bond motifs is 8. The summed E-state index contributed by atoms with van der Waals surface area (Å²) in [5.41, 5.74) is 28.7. The number of para-hydroxylation sites is 8. The fraction of sp³-hybridized carbons (Fsp3) is 0. The minimum absolute atomic E-state index is 0.296. The van der Waals surface area contributed by atoms with Gasteiger partial charge in [-0.25, -0.2) is 0 Å². The molecule has 0 atom stereocenters. The number of anilines is 12. The van der Waals surface area contributed by atoms with Crippen molar-refractivity contribution >= 4 is 113 Å². The molecule has 0 aliphatic carbocycles. The molecule has 0 N–H and O–H groups in total. The Hall–Kier alpha value is -12.6. The summed E-state index contributed by atoms with van der Waals surface area (Å²) in [5.74, 6) is 0. The third-order valence-electron chi connectivity index (χ3n) is 19.3. The Morgan fingerprint density at radius 1 is 0.240 bits per heavy atom. The van der Waals surface area contributed by atoms with Crippen molar-refractivity contribution in [2.24, 2.45) is 0 Å². The Morgan fingerprint density at radius 3 is 1.06 bits per heavy atom. The van der Waals surface area contributed by atoms with Crippen molar-refractivity contribution in [2.75, 3.05) is 19.6 Å². The summed E-state index contributed by atoms with van der Waals surface area (Å²) in [6.45, 7) is -0.296. The summed E-state index contributed by atoms with van der Waals surface area (Å²) in [7, 11) is 0. The van der Waals surface area contributed by atoms with Crippen molar-refractivity contribution in [3.63, 3.8) is 0 Å². The average molecular weight is 1220 g/mol. The summed E-state index contributed by atoms with van der Waals surface area (Å²) < 4.78 is 2.48. The van der Waals surface area contributed by atoms with Crippen LogP contribution >= 0.6 is 0 Å². The summed E-state index contributed by atoms with van der Waals surface area (Å²) in [6.07, 6.45) is 0. The van der Waals surface area contributed by atoms with Crippen LogP contribution in [0.25, 0.3) is 72.0 Å². The van der Waals surface area contributed by atoms with Gasteiger partial charge in [0.2, 0.25) is 0 Å². The van der Waals surface area contributed by atoms with Crippen molar-refractivity contribution in [1.82, 2.24) is 4.57 Å². The second-order valence-electron chi connectivity index (χ2n) is 24.7. The zero-order valence-corrected chi connectivity index (χ0v) is 52.6. The highest BCUT2D eigenvalue weighted by Crippen LogP contribution is 2.57. The largest absolute Gasteiger partial charge is 0.310 e. The van der Waals surface area contributed by atoms with Gasteiger partial charge in [-0.05, 0) is 136 Å². The predicted octanol–water partition coefficient (Wildman–Crippen LogP) is 22.5. The van der Waals surface area contributed by atoms with Crippen molar-refractivity contribution in [2.45, 2.75) is 0 Å². The zero-order chi connectivity index (χ0) is 63.5. The van der Waals surface area contributed by atoms with E-state index in [0.717, 1.165) is 129 Å². The minimum Gasteiger partial charge on any atom is -0.310 e. The molecule has 16 aromatic rings. The molecular formula is C90H62BN5. The Balaban J connectivity index is 1.06. The molecule has 2 aliphatic heterocycles. The van der Waals surface area contributed by atoms with E-state index in [1.165, 1.54) is 27.2 Å². The van der Waals surface area contributed by atoms with Crippen LogP contribution in [0, 0.1) is 0 Å². The van der Waals surface area contributed by atoms with E-state index in [0.29, 0.717) is 0 Å². The van der Waals surface area contributed by atoms with E-state index >= 15 is 0 Å². The van der Waals surface area contributed by atoms with Gasteiger partial charge in [0.15, 0.2) is 0 Å². The van der Waals surface area contributed by atoms with Gasteiger partial charge >= 0.3 is 0 Å². The molecule has 0 radical (unpaired) electrons. The van der Waals surface area contributed by atoms with Gasteiger partial charge in [0, 0.05) is 84.2 Å². The Labute approximate surface area is 560 Å². The summed E-state index contributed by atoms with van der Waals surface area (Å²) in [4.78, 5) is 10.2. The van der Waals surface area contributed by atoms with Gasteiger partial charge in [0.05, 0.1) is 33.8 Å². The van der Waals surface area contributed by atoms with Crippen molar-refractivity contribution in [3.8, 4) is 50.2 Å². The number of hydrogen-bond donors (Lipinski definition) is 0. The summed E-state index contributed by atoms with van der Waals surface area (Å²) >= 11 is 0. The lowest BCUT2D eigenvalue weighted by molar-refractivity contribution is 1.18. The summed E-state index contributed by atoms with van der Waals surface area (Å²) in [5, 5.41) is 2.35. The van der Waals surface area contributed by atoms with Crippen LogP contribution in [0.4, 0.5) is 68.2 Å². The number of rotatable bonds is 13. The molecule has 5 nitrogen and oxygen atoms in total. The SMILES string of the molecule is c1ccc(-c2cccc(-c3ccccc3)c2N2c3cc(N(c4ccccc4)c4ccccc4)ccc3B3c4ccc5c(c4N(c4c(-c6ccccc6)cccc4-c4ccccc4)c4cc(N(c6ccccc6)c6ccccc6)cc2c43)c2ccccc2n5-c2ccccc2)cc1. The molecule has 0 fully saturated rings. The molecule has 6 heteroatoms. The standard InChI is InChI=1S/C90H62BN5/c1-10-32-63(33-11-1)74-51-30-52-75(64-34-12-2-13-35-64)88(74)95-83-60-72(92(67-40-18-5-19-41-67)68-42-20-6-21-43-68)56-57-79(83)91-80-58-59-82-86(78-50-28-29-55-81(78)94(82)71-48-26-9-27-49-71)90(80)96(89-76(65-36-14-3-15-37-65)53-31-54-77(89)66-38-16-4-17-39-66)85-62-73(61-84(95)87(85)91)93(69-44-22-7-23-45-69)70-46-24-8-25-47-70/h1-62H. The first-order valence-corrected chi connectivity index (χ1v) is 33.0. The monoisotopic (exact) mass is 1220 g/mol. The topological polar surface area (TPSA) is 17.9 Å². The highest BCUT2D eigenvalue weighted by Gasteiger charge is 2.47. The highest BCUT2D eigenvalue weighted by molar-refractivity contribution is 7.00. The molecule has 15 aromatic carbocycles. The van der Waals surface area contributed by atoms with Crippen molar-refractivity contribution in [3.05, 3.63) is 376 Å². The van der Waals surface area contributed by atoms with Gasteiger partial charge < -0.3 is 24.2 Å². The Morgan fingerprint density at radius 2 is 0.604 bits per heavy atom. The lowest BCUT2D eigenvalue weighted by Gasteiger charge is -2.46. The van der Waals surface area contributed by atoms with Gasteiger partial charge in [-0.1, -0.05) is 279 Å². The molecule has 0 amide bonds. The van der Waals surface area contributed by atoms with E-state index in [1.54, 1.807) is 0 Å². The third-order valence-corrected chi connectivity index (χ3v) is 19.3. The fourth-order valence-corrected chi connectivity index (χ4v) is 15.3. The first-order chi connectivity index (χ1) is 47.7. The molecule has 3 heterocycles. The molecule has 2 aliphatic rings. The number of benzene rings is 15. The van der Waals surface area contributed by atoms with Gasteiger partial charge in [-0.3, -0.25) is 0 Å². The van der Waals surface area contributed by atoms with Crippen LogP contribution in [0.1, 0.15) is 0 Å². The van der Waals surface area contributed by atoms with Crippen LogP contribution in [-0.2, 0) is 0 Å². The lowest BCUT2D eigenvalue weighted by Crippen LogP contribution is -2.61. The number of hydrogen-bond acceptors (Lipinski definition) is 4. The minimum atomic E-state index is -0.296. The van der Waals surface area contributed by atoms with Crippen molar-refractivity contribution in [1.29, 1.82) is 0 Å². The van der Waals surface area contributed by atoms with E-state index < -0.39 is 0 Å². The average Bonchev–Trinajstić information content (AvgIpc) is 0.987. The van der Waals surface area contributed by atoms with Crippen LogP contribution < -0.4 is 36.0 Å². The van der Waals surface area contributed by atoms with Gasteiger partial charge in [-0.2, -0.15) is 0 Å². The van der Waals surface area contributed by atoms with Gasteiger partial charge in [0.1, 0.15) is 0 Å². The normalized spacial score (nSPS) is 12.1. The molecule has 0 unspecified atom stereocenters. The maximum Gasteiger partial charge on any atom is 0.252 e. The maximum atomic E-state index is 2.71. The third kappa shape index (κ3) is 9.41. The lowest BCUT2D eigenvalue weighted by atomic mass is 9.33.